The highest BCUT2D eigenvalue weighted by Gasteiger charge is 2.22. The fraction of sp³-hybridized carbons (Fsp3) is 0.909. The fourth-order valence-corrected chi connectivity index (χ4v) is 1.03. The second kappa shape index (κ2) is 6.08. The monoisotopic (exact) mass is 215 g/mol. The molecule has 0 spiro atoms. The van der Waals surface area contributed by atoms with Crippen molar-refractivity contribution in [3.05, 3.63) is 0 Å². The molecule has 0 fully saturated rings. The molecule has 0 aromatic rings. The van der Waals surface area contributed by atoms with Crippen molar-refractivity contribution >= 4 is 5.91 Å². The summed E-state index contributed by atoms with van der Waals surface area (Å²) in [5.74, 6) is -0.0493. The molecule has 4 heteroatoms. The summed E-state index contributed by atoms with van der Waals surface area (Å²) in [4.78, 5) is 13.6. The molecule has 0 bridgehead atoms. The third-order valence-electron chi connectivity index (χ3n) is 2.84. The Hall–Kier alpha value is -0.610. The number of nitrogens with two attached hydrogens (primary N) is 1. The first-order valence-corrected chi connectivity index (χ1v) is 5.52. The van der Waals surface area contributed by atoms with Crippen LogP contribution in [-0.4, -0.2) is 43.0 Å². The molecule has 0 aliphatic heterocycles. The van der Waals surface area contributed by atoms with Gasteiger partial charge < -0.3 is 16.0 Å². The normalized spacial score (nSPS) is 14.1. The minimum absolute atomic E-state index is 0.0401. The maximum Gasteiger partial charge on any atom is 0.236 e. The number of carbonyl (C=O) groups is 1. The first-order chi connectivity index (χ1) is 6.81. The van der Waals surface area contributed by atoms with Crippen LogP contribution in [0.1, 0.15) is 33.6 Å². The summed E-state index contributed by atoms with van der Waals surface area (Å²) in [5.41, 5.74) is 5.67. The molecule has 4 nitrogen and oxygen atoms in total. The zero-order chi connectivity index (χ0) is 12.1. The van der Waals surface area contributed by atoms with Crippen LogP contribution in [0.25, 0.3) is 0 Å². The van der Waals surface area contributed by atoms with Crippen molar-refractivity contribution in [3.8, 4) is 0 Å². The van der Waals surface area contributed by atoms with Crippen LogP contribution in [0, 0.1) is 0 Å². The molecule has 0 rings (SSSR count). The number of amides is 1. The van der Waals surface area contributed by atoms with E-state index in [4.69, 9.17) is 5.73 Å². The van der Waals surface area contributed by atoms with Gasteiger partial charge in [-0.25, -0.2) is 0 Å². The standard InChI is InChI=1S/C11H25N3O/c1-6-7-9(12)10(15)13-8-11(2,3)14(4)5/h9H,6-8,12H2,1-5H3,(H,13,15)/t9-/m1/s1. The minimum atomic E-state index is -0.368. The Labute approximate surface area is 93.2 Å². The molecular formula is C11H25N3O. The lowest BCUT2D eigenvalue weighted by Gasteiger charge is -2.33. The number of likely N-dealkylation sites (N-methyl/N-ethyl adjacent to an activating group) is 1. The smallest absolute Gasteiger partial charge is 0.236 e. The van der Waals surface area contributed by atoms with Crippen LogP contribution >= 0.6 is 0 Å². The third-order valence-corrected chi connectivity index (χ3v) is 2.84. The highest BCUT2D eigenvalue weighted by Crippen LogP contribution is 2.07. The van der Waals surface area contributed by atoms with Crippen molar-refractivity contribution in [2.24, 2.45) is 5.73 Å². The van der Waals surface area contributed by atoms with Crippen molar-refractivity contribution in [3.63, 3.8) is 0 Å². The predicted molar refractivity (Wildman–Crippen MR) is 63.7 cm³/mol. The molecule has 0 aliphatic rings. The maximum atomic E-state index is 11.5. The van der Waals surface area contributed by atoms with Crippen LogP contribution in [0.5, 0.6) is 0 Å². The molecule has 90 valence electrons. The Morgan fingerprint density at radius 1 is 1.47 bits per heavy atom. The van der Waals surface area contributed by atoms with E-state index in [2.05, 4.69) is 24.1 Å². The van der Waals surface area contributed by atoms with Gasteiger partial charge in [0.2, 0.25) is 5.91 Å². The maximum absolute atomic E-state index is 11.5. The van der Waals surface area contributed by atoms with Gasteiger partial charge in [-0.15, -0.1) is 0 Å². The van der Waals surface area contributed by atoms with E-state index in [1.54, 1.807) is 0 Å². The molecule has 0 aromatic carbocycles. The average Bonchev–Trinajstić information content (AvgIpc) is 2.14. The van der Waals surface area contributed by atoms with Gasteiger partial charge in [-0.3, -0.25) is 4.79 Å². The summed E-state index contributed by atoms with van der Waals surface area (Å²) >= 11 is 0. The van der Waals surface area contributed by atoms with Gasteiger partial charge in [0.05, 0.1) is 6.04 Å². The molecule has 0 radical (unpaired) electrons. The molecule has 15 heavy (non-hydrogen) atoms. The second-order valence-corrected chi connectivity index (χ2v) is 4.82. The highest BCUT2D eigenvalue weighted by atomic mass is 16.2. The second-order valence-electron chi connectivity index (χ2n) is 4.82. The molecule has 3 N–H and O–H groups in total. The van der Waals surface area contributed by atoms with Gasteiger partial charge >= 0.3 is 0 Å². The summed E-state index contributed by atoms with van der Waals surface area (Å²) in [6, 6.07) is -0.368. The van der Waals surface area contributed by atoms with E-state index in [0.29, 0.717) is 6.54 Å². The molecule has 0 heterocycles. The lowest BCUT2D eigenvalue weighted by atomic mass is 10.0. The predicted octanol–water partition coefficient (Wildman–Crippen LogP) is 0.570. The van der Waals surface area contributed by atoms with Crippen molar-refractivity contribution in [1.29, 1.82) is 0 Å². The van der Waals surface area contributed by atoms with Crippen LogP contribution in [-0.2, 0) is 4.79 Å². The van der Waals surface area contributed by atoms with Crippen LogP contribution in [0.4, 0.5) is 0 Å². The topological polar surface area (TPSA) is 58.4 Å². The number of rotatable bonds is 6. The van der Waals surface area contributed by atoms with E-state index in [1.165, 1.54) is 0 Å². The summed E-state index contributed by atoms with van der Waals surface area (Å²) in [6.45, 7) is 6.81. The first-order valence-electron chi connectivity index (χ1n) is 5.52. The van der Waals surface area contributed by atoms with E-state index in [-0.39, 0.29) is 17.5 Å². The van der Waals surface area contributed by atoms with Gasteiger partial charge in [0.1, 0.15) is 0 Å². The van der Waals surface area contributed by atoms with Crippen LogP contribution in [0.3, 0.4) is 0 Å². The quantitative estimate of drug-likeness (QED) is 0.681. The number of nitrogens with zero attached hydrogens (tertiary/aromatic N) is 1. The Bertz CT molecular complexity index is 202. The average molecular weight is 215 g/mol. The Balaban J connectivity index is 4.00. The molecule has 0 unspecified atom stereocenters. The molecule has 1 amide bonds. The van der Waals surface area contributed by atoms with E-state index in [0.717, 1.165) is 12.8 Å². The largest absolute Gasteiger partial charge is 0.353 e. The fourth-order valence-electron chi connectivity index (χ4n) is 1.03. The third kappa shape index (κ3) is 5.14. The number of hydrogen-bond donors (Lipinski definition) is 2. The van der Waals surface area contributed by atoms with Gasteiger partial charge in [0.25, 0.3) is 0 Å². The van der Waals surface area contributed by atoms with E-state index >= 15 is 0 Å². The Morgan fingerprint density at radius 2 is 2.00 bits per heavy atom. The van der Waals surface area contributed by atoms with Gasteiger partial charge in [0, 0.05) is 12.1 Å². The summed E-state index contributed by atoms with van der Waals surface area (Å²) in [7, 11) is 4.00. The van der Waals surface area contributed by atoms with Gasteiger partial charge in [0.15, 0.2) is 0 Å². The lowest BCUT2D eigenvalue weighted by Crippen LogP contribution is -2.51. The van der Waals surface area contributed by atoms with Gasteiger partial charge in [-0.05, 0) is 34.4 Å². The lowest BCUT2D eigenvalue weighted by molar-refractivity contribution is -0.123. The summed E-state index contributed by atoms with van der Waals surface area (Å²) in [5, 5.41) is 2.88. The Morgan fingerprint density at radius 3 is 2.40 bits per heavy atom. The number of carbonyl (C=O) groups excluding carboxylic acids is 1. The van der Waals surface area contributed by atoms with Gasteiger partial charge in [-0.2, -0.15) is 0 Å². The van der Waals surface area contributed by atoms with Crippen LogP contribution in [0.15, 0.2) is 0 Å². The van der Waals surface area contributed by atoms with Crippen molar-refractivity contribution < 1.29 is 4.79 Å². The number of nitrogens with one attached hydrogen (secondary N) is 1. The van der Waals surface area contributed by atoms with Gasteiger partial charge in [-0.1, -0.05) is 13.3 Å². The van der Waals surface area contributed by atoms with Crippen molar-refractivity contribution in [2.75, 3.05) is 20.6 Å². The molecule has 0 aliphatic carbocycles. The zero-order valence-electron chi connectivity index (χ0n) is 10.6. The minimum Gasteiger partial charge on any atom is -0.353 e. The molecule has 0 saturated carbocycles. The van der Waals surface area contributed by atoms with E-state index < -0.39 is 0 Å². The van der Waals surface area contributed by atoms with Crippen LogP contribution < -0.4 is 11.1 Å². The summed E-state index contributed by atoms with van der Waals surface area (Å²) < 4.78 is 0. The summed E-state index contributed by atoms with van der Waals surface area (Å²) in [6.07, 6.45) is 1.68. The van der Waals surface area contributed by atoms with E-state index in [1.807, 2.05) is 21.0 Å². The molecule has 1 atom stereocenters. The van der Waals surface area contributed by atoms with E-state index in [9.17, 15) is 4.79 Å². The van der Waals surface area contributed by atoms with Crippen molar-refractivity contribution in [1.82, 2.24) is 10.2 Å². The first kappa shape index (κ1) is 14.4. The van der Waals surface area contributed by atoms with Crippen LogP contribution in [0.2, 0.25) is 0 Å². The van der Waals surface area contributed by atoms with Crippen molar-refractivity contribution in [2.45, 2.75) is 45.2 Å². The SMILES string of the molecule is CCC[C@@H](N)C(=O)NCC(C)(C)N(C)C. The molecular weight excluding hydrogens is 190 g/mol. The highest BCUT2D eigenvalue weighted by molar-refractivity contribution is 5.81. The number of hydrogen-bond acceptors (Lipinski definition) is 3. The molecule has 0 saturated heterocycles. The molecule has 0 aromatic heterocycles. The Kier molecular flexibility index (Phi) is 5.83. The zero-order valence-corrected chi connectivity index (χ0v) is 10.6.